The molecule has 2 atom stereocenters. The van der Waals surface area contributed by atoms with Crippen molar-refractivity contribution in [2.75, 3.05) is 12.3 Å². The molecule has 0 bridgehead atoms. The number of rotatable bonds is 9. The smallest absolute Gasteiger partial charge is 0.0291 e. The zero-order chi connectivity index (χ0) is 11.7. The Morgan fingerprint density at radius 3 is 2.40 bits per heavy atom. The Kier molecular flexibility index (Phi) is 9.41. The summed E-state index contributed by atoms with van der Waals surface area (Å²) >= 11 is 0. The van der Waals surface area contributed by atoms with Gasteiger partial charge in [-0.1, -0.05) is 27.2 Å². The van der Waals surface area contributed by atoms with Gasteiger partial charge in [0, 0.05) is 27.8 Å². The summed E-state index contributed by atoms with van der Waals surface area (Å²) in [5.74, 6) is 0.873. The molecule has 0 rings (SSSR count). The van der Waals surface area contributed by atoms with E-state index < -0.39 is 10.8 Å². The van der Waals surface area contributed by atoms with Crippen LogP contribution in [-0.4, -0.2) is 27.8 Å². The Morgan fingerprint density at radius 1 is 1.20 bits per heavy atom. The van der Waals surface area contributed by atoms with Crippen LogP contribution in [0, 0.1) is 0 Å². The topological polar surface area (TPSA) is 29.1 Å². The summed E-state index contributed by atoms with van der Waals surface area (Å²) in [4.78, 5) is 0. The van der Waals surface area contributed by atoms with Crippen molar-refractivity contribution in [2.24, 2.45) is 0 Å². The van der Waals surface area contributed by atoms with Crippen LogP contribution in [0.15, 0.2) is 0 Å². The molecule has 0 aliphatic heterocycles. The van der Waals surface area contributed by atoms with Gasteiger partial charge in [-0.25, -0.2) is 0 Å². The second kappa shape index (κ2) is 9.34. The summed E-state index contributed by atoms with van der Waals surface area (Å²) in [5, 5.41) is 3.79. The second-order valence-corrected chi connectivity index (χ2v) is 6.60. The van der Waals surface area contributed by atoms with Crippen molar-refractivity contribution >= 4 is 10.8 Å². The van der Waals surface area contributed by atoms with Gasteiger partial charge in [-0.3, -0.25) is 4.21 Å². The normalized spacial score (nSPS) is 15.5. The van der Waals surface area contributed by atoms with Crippen molar-refractivity contribution in [2.45, 2.75) is 64.7 Å². The average Bonchev–Trinajstić information content (AvgIpc) is 2.20. The first-order valence-corrected chi connectivity index (χ1v) is 7.56. The van der Waals surface area contributed by atoms with Crippen LogP contribution in [0.5, 0.6) is 0 Å². The number of hydrogen-bond acceptors (Lipinski definition) is 2. The van der Waals surface area contributed by atoms with Crippen molar-refractivity contribution in [3.63, 3.8) is 0 Å². The maximum atomic E-state index is 11.5. The summed E-state index contributed by atoms with van der Waals surface area (Å²) in [5.41, 5.74) is 0. The van der Waals surface area contributed by atoms with E-state index in [1.54, 1.807) is 0 Å². The van der Waals surface area contributed by atoms with Gasteiger partial charge in [0.15, 0.2) is 0 Å². The lowest BCUT2D eigenvalue weighted by atomic mass is 10.1. The minimum Gasteiger partial charge on any atom is -0.314 e. The molecule has 0 amide bonds. The number of hydrogen-bond donors (Lipinski definition) is 1. The van der Waals surface area contributed by atoms with Gasteiger partial charge >= 0.3 is 0 Å². The van der Waals surface area contributed by atoms with Crippen molar-refractivity contribution in [3.05, 3.63) is 0 Å². The molecule has 92 valence electrons. The molecule has 1 N–H and O–H groups in total. The molecule has 0 aliphatic carbocycles. The van der Waals surface area contributed by atoms with E-state index in [0.717, 1.165) is 18.7 Å². The van der Waals surface area contributed by atoms with Crippen LogP contribution in [-0.2, 0) is 10.8 Å². The van der Waals surface area contributed by atoms with Crippen molar-refractivity contribution in [3.8, 4) is 0 Å². The predicted octanol–water partition coefficient (Wildman–Crippen LogP) is 2.70. The summed E-state index contributed by atoms with van der Waals surface area (Å²) in [6.07, 6.45) is 4.69. The van der Waals surface area contributed by atoms with Gasteiger partial charge < -0.3 is 5.32 Å². The maximum Gasteiger partial charge on any atom is 0.0291 e. The molecule has 0 aromatic heterocycles. The van der Waals surface area contributed by atoms with Crippen LogP contribution in [0.1, 0.15) is 53.4 Å². The second-order valence-electron chi connectivity index (χ2n) is 4.48. The number of nitrogens with one attached hydrogen (secondary N) is 1. The molecule has 3 heteroatoms. The standard InChI is InChI=1S/C12H27NOS/c1-5-9-13-12(4)8-6-7-10-15(14)11(2)3/h11-13H,5-10H2,1-4H3. The van der Waals surface area contributed by atoms with Crippen LogP contribution in [0.2, 0.25) is 0 Å². The summed E-state index contributed by atoms with van der Waals surface area (Å²) in [7, 11) is -0.612. The molecule has 2 nitrogen and oxygen atoms in total. The van der Waals surface area contributed by atoms with E-state index in [9.17, 15) is 4.21 Å². The third-order valence-electron chi connectivity index (χ3n) is 2.50. The van der Waals surface area contributed by atoms with Gasteiger partial charge in [0.05, 0.1) is 0 Å². The molecule has 0 saturated carbocycles. The zero-order valence-electron chi connectivity index (χ0n) is 10.7. The lowest BCUT2D eigenvalue weighted by molar-refractivity contribution is 0.495. The van der Waals surface area contributed by atoms with Gasteiger partial charge in [-0.2, -0.15) is 0 Å². The van der Waals surface area contributed by atoms with Gasteiger partial charge in [-0.15, -0.1) is 0 Å². The molecule has 0 heterocycles. The van der Waals surface area contributed by atoms with Crippen LogP contribution in [0.25, 0.3) is 0 Å². The summed E-state index contributed by atoms with van der Waals surface area (Å²) < 4.78 is 11.5. The van der Waals surface area contributed by atoms with Gasteiger partial charge in [0.1, 0.15) is 0 Å². The minimum absolute atomic E-state index is 0.320. The highest BCUT2D eigenvalue weighted by Gasteiger charge is 2.05. The largest absolute Gasteiger partial charge is 0.314 e. The quantitative estimate of drug-likeness (QED) is 0.620. The van der Waals surface area contributed by atoms with Gasteiger partial charge in [-0.05, 0) is 32.7 Å². The van der Waals surface area contributed by atoms with Crippen molar-refractivity contribution in [1.82, 2.24) is 5.32 Å². The van der Waals surface area contributed by atoms with Crippen LogP contribution in [0.4, 0.5) is 0 Å². The Morgan fingerprint density at radius 2 is 1.87 bits per heavy atom. The highest BCUT2D eigenvalue weighted by molar-refractivity contribution is 7.85. The molecule has 0 spiro atoms. The first kappa shape index (κ1) is 15.1. The zero-order valence-corrected chi connectivity index (χ0v) is 11.5. The number of unbranched alkanes of at least 4 members (excludes halogenated alkanes) is 1. The van der Waals surface area contributed by atoms with Gasteiger partial charge in [0.25, 0.3) is 0 Å². The van der Waals surface area contributed by atoms with Gasteiger partial charge in [0.2, 0.25) is 0 Å². The van der Waals surface area contributed by atoms with E-state index in [2.05, 4.69) is 19.2 Å². The van der Waals surface area contributed by atoms with E-state index in [4.69, 9.17) is 0 Å². The van der Waals surface area contributed by atoms with Crippen LogP contribution >= 0.6 is 0 Å². The van der Waals surface area contributed by atoms with E-state index in [0.29, 0.717) is 11.3 Å². The molecular weight excluding hydrogens is 206 g/mol. The maximum absolute atomic E-state index is 11.5. The molecule has 2 unspecified atom stereocenters. The first-order valence-electron chi connectivity index (χ1n) is 6.18. The highest BCUT2D eigenvalue weighted by Crippen LogP contribution is 2.04. The Labute approximate surface area is 97.7 Å². The molecule has 0 aromatic rings. The van der Waals surface area contributed by atoms with E-state index in [1.807, 2.05) is 13.8 Å². The SMILES string of the molecule is CCCNC(C)CCCCS(=O)C(C)C. The van der Waals surface area contributed by atoms with E-state index in [-0.39, 0.29) is 0 Å². The monoisotopic (exact) mass is 233 g/mol. The molecule has 0 saturated heterocycles. The van der Waals surface area contributed by atoms with E-state index >= 15 is 0 Å². The first-order chi connectivity index (χ1) is 7.07. The summed E-state index contributed by atoms with van der Waals surface area (Å²) in [6.45, 7) is 9.59. The minimum atomic E-state index is -0.612. The Balaban J connectivity index is 3.34. The van der Waals surface area contributed by atoms with Crippen molar-refractivity contribution < 1.29 is 4.21 Å². The molecular formula is C12H27NOS. The summed E-state index contributed by atoms with van der Waals surface area (Å²) in [6, 6.07) is 0.609. The predicted molar refractivity (Wildman–Crippen MR) is 69.8 cm³/mol. The molecule has 0 fully saturated rings. The fourth-order valence-corrected chi connectivity index (χ4v) is 2.38. The fourth-order valence-electron chi connectivity index (χ4n) is 1.42. The molecule has 15 heavy (non-hydrogen) atoms. The Hall–Kier alpha value is 0.110. The lowest BCUT2D eigenvalue weighted by Gasteiger charge is -2.12. The molecule has 0 radical (unpaired) electrons. The van der Waals surface area contributed by atoms with Crippen LogP contribution < -0.4 is 5.32 Å². The van der Waals surface area contributed by atoms with Crippen molar-refractivity contribution in [1.29, 1.82) is 0 Å². The van der Waals surface area contributed by atoms with Crippen LogP contribution in [0.3, 0.4) is 0 Å². The third kappa shape index (κ3) is 9.06. The average molecular weight is 233 g/mol. The lowest BCUT2D eigenvalue weighted by Crippen LogP contribution is -2.26. The van der Waals surface area contributed by atoms with E-state index in [1.165, 1.54) is 19.3 Å². The molecule has 0 aromatic carbocycles. The fraction of sp³-hybridized carbons (Fsp3) is 1.00. The molecule has 0 aliphatic rings. The Bertz CT molecular complexity index is 171. The third-order valence-corrected chi connectivity index (χ3v) is 4.24. The highest BCUT2D eigenvalue weighted by atomic mass is 32.2.